The number of hydrogen-bond acceptors (Lipinski definition) is 3. The van der Waals surface area contributed by atoms with Crippen LogP contribution in [0, 0.1) is 0 Å². The Balaban J connectivity index is 3.28. The molecule has 0 aromatic carbocycles. The molecule has 0 aliphatic carbocycles. The van der Waals surface area contributed by atoms with E-state index < -0.39 is 23.5 Å². The fraction of sp³-hybridized carbons (Fsp3) is 0.222. The standard InChI is InChI=1S/C9H9NO5/c1-5(8(12)13)10-4-6(9(14)15)2-3-7(10)11/h2-5H,1H3,(H,12,13)(H,14,15). The van der Waals surface area contributed by atoms with Crippen molar-refractivity contribution in [2.75, 3.05) is 0 Å². The van der Waals surface area contributed by atoms with Gasteiger partial charge in [0.1, 0.15) is 6.04 Å². The summed E-state index contributed by atoms with van der Waals surface area (Å²) in [5.41, 5.74) is -0.669. The van der Waals surface area contributed by atoms with E-state index in [1.165, 1.54) is 6.92 Å². The summed E-state index contributed by atoms with van der Waals surface area (Å²) in [6.45, 7) is 1.30. The summed E-state index contributed by atoms with van der Waals surface area (Å²) in [4.78, 5) is 32.5. The van der Waals surface area contributed by atoms with Crippen LogP contribution in [0.25, 0.3) is 0 Å². The van der Waals surface area contributed by atoms with E-state index in [0.717, 1.165) is 22.9 Å². The predicted molar refractivity (Wildman–Crippen MR) is 50.0 cm³/mol. The van der Waals surface area contributed by atoms with Crippen molar-refractivity contribution >= 4 is 11.9 Å². The molecule has 0 amide bonds. The van der Waals surface area contributed by atoms with E-state index in [2.05, 4.69) is 0 Å². The van der Waals surface area contributed by atoms with Crippen molar-refractivity contribution in [2.24, 2.45) is 0 Å². The van der Waals surface area contributed by atoms with Gasteiger partial charge in [-0.05, 0) is 13.0 Å². The Morgan fingerprint density at radius 1 is 1.33 bits per heavy atom. The van der Waals surface area contributed by atoms with Crippen LogP contribution in [0.5, 0.6) is 0 Å². The van der Waals surface area contributed by atoms with Gasteiger partial charge in [0.15, 0.2) is 0 Å². The van der Waals surface area contributed by atoms with Gasteiger partial charge in [-0.2, -0.15) is 0 Å². The van der Waals surface area contributed by atoms with Crippen molar-refractivity contribution in [1.29, 1.82) is 0 Å². The molecule has 1 aromatic rings. The van der Waals surface area contributed by atoms with Gasteiger partial charge >= 0.3 is 11.9 Å². The zero-order chi connectivity index (χ0) is 11.6. The van der Waals surface area contributed by atoms with Crippen LogP contribution in [0.3, 0.4) is 0 Å². The minimum absolute atomic E-state index is 0.122. The Morgan fingerprint density at radius 3 is 2.40 bits per heavy atom. The highest BCUT2D eigenvalue weighted by molar-refractivity contribution is 5.87. The molecule has 15 heavy (non-hydrogen) atoms. The van der Waals surface area contributed by atoms with Crippen molar-refractivity contribution in [2.45, 2.75) is 13.0 Å². The molecule has 1 rings (SSSR count). The molecule has 0 spiro atoms. The zero-order valence-electron chi connectivity index (χ0n) is 7.88. The molecular weight excluding hydrogens is 202 g/mol. The smallest absolute Gasteiger partial charge is 0.337 e. The topological polar surface area (TPSA) is 96.6 Å². The summed E-state index contributed by atoms with van der Waals surface area (Å²) in [5, 5.41) is 17.3. The molecular formula is C9H9NO5. The highest BCUT2D eigenvalue weighted by Crippen LogP contribution is 2.04. The van der Waals surface area contributed by atoms with Crippen molar-refractivity contribution in [3.8, 4) is 0 Å². The first kappa shape index (κ1) is 11.0. The number of carboxylic acid groups (broad SMARTS) is 2. The van der Waals surface area contributed by atoms with Gasteiger partial charge in [-0.15, -0.1) is 0 Å². The number of aromatic carboxylic acids is 1. The first-order chi connectivity index (χ1) is 6.93. The van der Waals surface area contributed by atoms with Crippen molar-refractivity contribution < 1.29 is 19.8 Å². The molecule has 0 aliphatic rings. The van der Waals surface area contributed by atoms with Crippen LogP contribution in [-0.4, -0.2) is 26.7 Å². The summed E-state index contributed by atoms with van der Waals surface area (Å²) in [6, 6.07) is 1.08. The largest absolute Gasteiger partial charge is 0.480 e. The molecule has 2 N–H and O–H groups in total. The lowest BCUT2D eigenvalue weighted by Crippen LogP contribution is -2.27. The molecule has 1 aromatic heterocycles. The second-order valence-electron chi connectivity index (χ2n) is 2.98. The highest BCUT2D eigenvalue weighted by Gasteiger charge is 2.15. The molecule has 0 saturated heterocycles. The van der Waals surface area contributed by atoms with Gasteiger partial charge < -0.3 is 14.8 Å². The first-order valence-electron chi connectivity index (χ1n) is 4.11. The predicted octanol–water partition coefficient (Wildman–Crippen LogP) is 0.192. The maximum atomic E-state index is 11.2. The summed E-state index contributed by atoms with van der Waals surface area (Å²) >= 11 is 0. The van der Waals surface area contributed by atoms with Crippen LogP contribution >= 0.6 is 0 Å². The molecule has 1 unspecified atom stereocenters. The van der Waals surface area contributed by atoms with Crippen LogP contribution in [0.4, 0.5) is 0 Å². The Kier molecular flexibility index (Phi) is 2.89. The van der Waals surface area contributed by atoms with E-state index >= 15 is 0 Å². The zero-order valence-corrected chi connectivity index (χ0v) is 7.88. The van der Waals surface area contributed by atoms with Crippen LogP contribution in [0.15, 0.2) is 23.1 Å². The van der Waals surface area contributed by atoms with Crippen LogP contribution < -0.4 is 5.56 Å². The maximum absolute atomic E-state index is 11.2. The van der Waals surface area contributed by atoms with Crippen molar-refractivity contribution in [3.05, 3.63) is 34.2 Å². The number of rotatable bonds is 3. The van der Waals surface area contributed by atoms with E-state index in [1.807, 2.05) is 0 Å². The van der Waals surface area contributed by atoms with Crippen molar-refractivity contribution in [3.63, 3.8) is 0 Å². The van der Waals surface area contributed by atoms with Crippen molar-refractivity contribution in [1.82, 2.24) is 4.57 Å². The SMILES string of the molecule is CC(C(=O)O)n1cc(C(=O)O)ccc1=O. The fourth-order valence-electron chi connectivity index (χ4n) is 1.05. The van der Waals surface area contributed by atoms with Crippen LogP contribution in [0.1, 0.15) is 23.3 Å². The van der Waals surface area contributed by atoms with Gasteiger partial charge in [-0.1, -0.05) is 0 Å². The van der Waals surface area contributed by atoms with Gasteiger partial charge in [-0.3, -0.25) is 4.79 Å². The molecule has 0 aliphatic heterocycles. The van der Waals surface area contributed by atoms with Gasteiger partial charge in [0, 0.05) is 12.3 Å². The van der Waals surface area contributed by atoms with E-state index in [0.29, 0.717) is 0 Å². The van der Waals surface area contributed by atoms with Crippen LogP contribution in [-0.2, 0) is 4.79 Å². The fourth-order valence-corrected chi connectivity index (χ4v) is 1.05. The molecule has 0 radical (unpaired) electrons. The van der Waals surface area contributed by atoms with Crippen LogP contribution in [0.2, 0.25) is 0 Å². The lowest BCUT2D eigenvalue weighted by molar-refractivity contribution is -0.140. The summed E-state index contributed by atoms with van der Waals surface area (Å²) < 4.78 is 0.867. The number of pyridine rings is 1. The Morgan fingerprint density at radius 2 is 1.93 bits per heavy atom. The van der Waals surface area contributed by atoms with E-state index in [-0.39, 0.29) is 5.56 Å². The Bertz CT molecular complexity index is 462. The highest BCUT2D eigenvalue weighted by atomic mass is 16.4. The molecule has 6 heteroatoms. The monoisotopic (exact) mass is 211 g/mol. The number of hydrogen-bond donors (Lipinski definition) is 2. The van der Waals surface area contributed by atoms with Gasteiger partial charge in [0.05, 0.1) is 5.56 Å². The molecule has 6 nitrogen and oxygen atoms in total. The van der Waals surface area contributed by atoms with E-state index in [4.69, 9.17) is 10.2 Å². The van der Waals surface area contributed by atoms with E-state index in [9.17, 15) is 14.4 Å². The normalized spacial score (nSPS) is 12.1. The number of carboxylic acids is 2. The second-order valence-corrected chi connectivity index (χ2v) is 2.98. The molecule has 80 valence electrons. The van der Waals surface area contributed by atoms with Gasteiger partial charge in [0.2, 0.25) is 0 Å². The average molecular weight is 211 g/mol. The van der Waals surface area contributed by atoms with E-state index in [1.54, 1.807) is 0 Å². The molecule has 1 atom stereocenters. The molecule has 0 fully saturated rings. The third-order valence-corrected chi connectivity index (χ3v) is 1.96. The first-order valence-corrected chi connectivity index (χ1v) is 4.11. The Labute approximate surface area is 84.4 Å². The number of aromatic nitrogens is 1. The lowest BCUT2D eigenvalue weighted by Gasteiger charge is -2.10. The average Bonchev–Trinajstić information content (AvgIpc) is 2.16. The Hall–Kier alpha value is -2.11. The summed E-state index contributed by atoms with van der Waals surface area (Å²) in [7, 11) is 0. The molecule has 1 heterocycles. The summed E-state index contributed by atoms with van der Waals surface area (Å²) in [5.74, 6) is -2.40. The molecule has 0 bridgehead atoms. The minimum atomic E-state index is -1.21. The number of carbonyl (C=O) groups is 2. The number of aliphatic carboxylic acids is 1. The lowest BCUT2D eigenvalue weighted by atomic mass is 10.2. The third kappa shape index (κ3) is 2.22. The van der Waals surface area contributed by atoms with Gasteiger partial charge in [0.25, 0.3) is 5.56 Å². The third-order valence-electron chi connectivity index (χ3n) is 1.96. The van der Waals surface area contributed by atoms with Gasteiger partial charge in [-0.25, -0.2) is 9.59 Å². The second kappa shape index (κ2) is 3.95. The summed E-state index contributed by atoms with van der Waals surface area (Å²) in [6.07, 6.45) is 1.02. The quantitative estimate of drug-likeness (QED) is 0.743. The molecule has 0 saturated carbocycles. The number of nitrogens with zero attached hydrogens (tertiary/aromatic N) is 1. The minimum Gasteiger partial charge on any atom is -0.480 e. The maximum Gasteiger partial charge on any atom is 0.337 e.